The van der Waals surface area contributed by atoms with Gasteiger partial charge < -0.3 is 11.1 Å². The van der Waals surface area contributed by atoms with Crippen molar-refractivity contribution in [2.75, 3.05) is 11.9 Å². The predicted molar refractivity (Wildman–Crippen MR) is 68.2 cm³/mol. The van der Waals surface area contributed by atoms with Crippen LogP contribution >= 0.6 is 0 Å². The minimum Gasteiger partial charge on any atom is -0.374 e. The second kappa shape index (κ2) is 5.75. The van der Waals surface area contributed by atoms with Crippen LogP contribution in [0.4, 0.5) is 18.9 Å². The van der Waals surface area contributed by atoms with Crippen molar-refractivity contribution in [3.05, 3.63) is 65.5 Å². The number of nitrogens with two attached hydrogens (primary N) is 1. The SMILES string of the molecule is NCC(Nc1ccccc1F)c1c(F)cccc1F. The average Bonchev–Trinajstić information content (AvgIpc) is 2.39. The summed E-state index contributed by atoms with van der Waals surface area (Å²) in [7, 11) is 0. The highest BCUT2D eigenvalue weighted by molar-refractivity contribution is 5.47. The van der Waals surface area contributed by atoms with E-state index in [-0.39, 0.29) is 17.8 Å². The summed E-state index contributed by atoms with van der Waals surface area (Å²) in [5, 5.41) is 2.71. The molecular formula is C14H13F3N2. The molecule has 0 spiro atoms. The molecule has 19 heavy (non-hydrogen) atoms. The van der Waals surface area contributed by atoms with Crippen molar-refractivity contribution in [3.63, 3.8) is 0 Å². The Labute approximate surface area is 109 Å². The zero-order valence-electron chi connectivity index (χ0n) is 10.0. The molecule has 2 aromatic rings. The Morgan fingerprint density at radius 3 is 2.05 bits per heavy atom. The molecule has 0 bridgehead atoms. The Kier molecular flexibility index (Phi) is 4.06. The van der Waals surface area contributed by atoms with Crippen molar-refractivity contribution in [2.45, 2.75) is 6.04 Å². The molecule has 0 aromatic heterocycles. The maximum atomic E-state index is 13.7. The lowest BCUT2D eigenvalue weighted by atomic mass is 10.0. The number of rotatable bonds is 4. The van der Waals surface area contributed by atoms with Crippen LogP contribution in [0.3, 0.4) is 0 Å². The van der Waals surface area contributed by atoms with E-state index in [0.29, 0.717) is 0 Å². The molecule has 0 aliphatic heterocycles. The largest absolute Gasteiger partial charge is 0.374 e. The molecule has 0 amide bonds. The van der Waals surface area contributed by atoms with Gasteiger partial charge in [0.1, 0.15) is 17.5 Å². The first-order valence-corrected chi connectivity index (χ1v) is 5.78. The van der Waals surface area contributed by atoms with Gasteiger partial charge in [0.05, 0.1) is 11.7 Å². The second-order valence-corrected chi connectivity index (χ2v) is 4.05. The van der Waals surface area contributed by atoms with Gasteiger partial charge in [0, 0.05) is 12.1 Å². The molecule has 2 rings (SSSR count). The molecule has 1 atom stereocenters. The molecule has 2 nitrogen and oxygen atoms in total. The molecule has 5 heteroatoms. The summed E-state index contributed by atoms with van der Waals surface area (Å²) in [6.45, 7) is -0.0633. The smallest absolute Gasteiger partial charge is 0.146 e. The van der Waals surface area contributed by atoms with Crippen LogP contribution in [0.15, 0.2) is 42.5 Å². The van der Waals surface area contributed by atoms with Crippen molar-refractivity contribution in [1.82, 2.24) is 0 Å². The minimum atomic E-state index is -0.835. The average molecular weight is 266 g/mol. The van der Waals surface area contributed by atoms with Crippen molar-refractivity contribution in [1.29, 1.82) is 0 Å². The van der Waals surface area contributed by atoms with E-state index in [1.54, 1.807) is 6.07 Å². The minimum absolute atomic E-state index is 0.0633. The topological polar surface area (TPSA) is 38.0 Å². The fraction of sp³-hybridized carbons (Fsp3) is 0.143. The molecule has 0 radical (unpaired) electrons. The van der Waals surface area contributed by atoms with E-state index in [0.717, 1.165) is 12.1 Å². The van der Waals surface area contributed by atoms with Gasteiger partial charge in [-0.15, -0.1) is 0 Å². The highest BCUT2D eigenvalue weighted by Crippen LogP contribution is 2.25. The molecule has 0 heterocycles. The monoisotopic (exact) mass is 266 g/mol. The van der Waals surface area contributed by atoms with Gasteiger partial charge in [-0.2, -0.15) is 0 Å². The van der Waals surface area contributed by atoms with E-state index in [2.05, 4.69) is 5.32 Å². The van der Waals surface area contributed by atoms with Crippen LogP contribution in [0.1, 0.15) is 11.6 Å². The number of benzene rings is 2. The van der Waals surface area contributed by atoms with Crippen molar-refractivity contribution in [2.24, 2.45) is 5.73 Å². The fourth-order valence-corrected chi connectivity index (χ4v) is 1.86. The van der Waals surface area contributed by atoms with Crippen LogP contribution in [-0.2, 0) is 0 Å². The molecule has 3 N–H and O–H groups in total. The molecule has 0 saturated carbocycles. The Bertz CT molecular complexity index is 552. The van der Waals surface area contributed by atoms with Crippen LogP contribution < -0.4 is 11.1 Å². The van der Waals surface area contributed by atoms with Gasteiger partial charge in [-0.25, -0.2) is 13.2 Å². The first kappa shape index (κ1) is 13.4. The van der Waals surface area contributed by atoms with Crippen LogP contribution in [0.2, 0.25) is 0 Å². The van der Waals surface area contributed by atoms with Crippen LogP contribution in [0, 0.1) is 17.5 Å². The molecule has 2 aromatic carbocycles. The van der Waals surface area contributed by atoms with E-state index < -0.39 is 23.5 Å². The summed E-state index contributed by atoms with van der Waals surface area (Å²) >= 11 is 0. The van der Waals surface area contributed by atoms with Gasteiger partial charge in [0.25, 0.3) is 0 Å². The zero-order valence-corrected chi connectivity index (χ0v) is 10.0. The standard InChI is InChI=1S/C14H13F3N2/c15-9-4-1-2-7-12(9)19-13(8-18)14-10(16)5-3-6-11(14)17/h1-7,13,19H,8,18H2. The third-order valence-electron chi connectivity index (χ3n) is 2.79. The highest BCUT2D eigenvalue weighted by atomic mass is 19.1. The Hall–Kier alpha value is -2.01. The number of para-hydroxylation sites is 1. The van der Waals surface area contributed by atoms with Gasteiger partial charge in [0.2, 0.25) is 0 Å². The Balaban J connectivity index is 2.34. The van der Waals surface area contributed by atoms with Crippen molar-refractivity contribution < 1.29 is 13.2 Å². The number of halogens is 3. The first-order chi connectivity index (χ1) is 9.13. The lowest BCUT2D eigenvalue weighted by Crippen LogP contribution is -2.23. The van der Waals surface area contributed by atoms with Crippen LogP contribution in [0.5, 0.6) is 0 Å². The predicted octanol–water partition coefficient (Wildman–Crippen LogP) is 3.22. The highest BCUT2D eigenvalue weighted by Gasteiger charge is 2.19. The summed E-state index contributed by atoms with van der Waals surface area (Å²) in [5.74, 6) is -1.92. The van der Waals surface area contributed by atoms with Gasteiger partial charge in [-0.1, -0.05) is 18.2 Å². The van der Waals surface area contributed by atoms with Crippen molar-refractivity contribution >= 4 is 5.69 Å². The molecule has 100 valence electrons. The third kappa shape index (κ3) is 2.88. The normalized spacial score (nSPS) is 12.2. The first-order valence-electron chi connectivity index (χ1n) is 5.78. The molecule has 0 aliphatic carbocycles. The third-order valence-corrected chi connectivity index (χ3v) is 2.79. The number of hydrogen-bond acceptors (Lipinski definition) is 2. The van der Waals surface area contributed by atoms with E-state index in [9.17, 15) is 13.2 Å². The lowest BCUT2D eigenvalue weighted by Gasteiger charge is -2.20. The van der Waals surface area contributed by atoms with Gasteiger partial charge >= 0.3 is 0 Å². The number of hydrogen-bond donors (Lipinski definition) is 2. The van der Waals surface area contributed by atoms with Gasteiger partial charge in [0.15, 0.2) is 0 Å². The molecule has 0 saturated heterocycles. The molecule has 0 aliphatic rings. The van der Waals surface area contributed by atoms with Gasteiger partial charge in [-0.3, -0.25) is 0 Å². The molecular weight excluding hydrogens is 253 g/mol. The maximum Gasteiger partial charge on any atom is 0.146 e. The van der Waals surface area contributed by atoms with E-state index >= 15 is 0 Å². The van der Waals surface area contributed by atoms with E-state index in [1.165, 1.54) is 24.3 Å². The lowest BCUT2D eigenvalue weighted by molar-refractivity contribution is 0.535. The zero-order chi connectivity index (χ0) is 13.8. The van der Waals surface area contributed by atoms with E-state index in [4.69, 9.17) is 5.73 Å². The van der Waals surface area contributed by atoms with Gasteiger partial charge in [-0.05, 0) is 24.3 Å². The fourth-order valence-electron chi connectivity index (χ4n) is 1.86. The summed E-state index contributed by atoms with van der Waals surface area (Å²) < 4.78 is 40.8. The maximum absolute atomic E-state index is 13.7. The van der Waals surface area contributed by atoms with Crippen molar-refractivity contribution in [3.8, 4) is 0 Å². The summed E-state index contributed by atoms with van der Waals surface area (Å²) in [4.78, 5) is 0. The Morgan fingerprint density at radius 1 is 0.895 bits per heavy atom. The van der Waals surface area contributed by atoms with Crippen LogP contribution in [-0.4, -0.2) is 6.54 Å². The molecule has 0 fully saturated rings. The van der Waals surface area contributed by atoms with Crippen LogP contribution in [0.25, 0.3) is 0 Å². The Morgan fingerprint density at radius 2 is 1.47 bits per heavy atom. The number of nitrogens with one attached hydrogen (secondary N) is 1. The summed E-state index contributed by atoms with van der Waals surface area (Å²) in [6, 6.07) is 8.61. The van der Waals surface area contributed by atoms with E-state index in [1.807, 2.05) is 0 Å². The quantitative estimate of drug-likeness (QED) is 0.891. The number of anilines is 1. The molecule has 1 unspecified atom stereocenters. The second-order valence-electron chi connectivity index (χ2n) is 4.05. The summed E-state index contributed by atoms with van der Waals surface area (Å²) in [6.07, 6.45) is 0. The summed E-state index contributed by atoms with van der Waals surface area (Å²) in [5.41, 5.74) is 5.49.